The zero-order valence-electron chi connectivity index (χ0n) is 20.2. The Balaban J connectivity index is 1.61. The first-order valence-corrected chi connectivity index (χ1v) is 12.2. The van der Waals surface area contributed by atoms with E-state index in [0.29, 0.717) is 21.0 Å². The Morgan fingerprint density at radius 3 is 2.38 bits per heavy atom. The second-order valence-corrected chi connectivity index (χ2v) is 10.7. The van der Waals surface area contributed by atoms with E-state index in [-0.39, 0.29) is 30.0 Å². The molecule has 0 unspecified atom stereocenters. The molecule has 1 aromatic carbocycles. The number of nitrogens with zero attached hydrogens (tertiary/aromatic N) is 5. The first-order chi connectivity index (χ1) is 16.0. The number of benzene rings is 1. The van der Waals surface area contributed by atoms with Crippen molar-refractivity contribution in [2.24, 2.45) is 0 Å². The maximum atomic E-state index is 13.3. The monoisotopic (exact) mass is 482 g/mol. The van der Waals surface area contributed by atoms with Crippen LogP contribution in [0.25, 0.3) is 10.3 Å². The Hall–Kier alpha value is -3.27. The zero-order valence-corrected chi connectivity index (χ0v) is 21.0. The molecule has 3 amide bonds. The number of aryl methyl sites for hydroxylation is 1. The topological polar surface area (TPSA) is 100 Å². The molecule has 10 heteroatoms. The summed E-state index contributed by atoms with van der Waals surface area (Å²) in [5.74, 6) is -0.677. The number of likely N-dealkylation sites (tertiary alicyclic amines) is 1. The number of amides is 3. The van der Waals surface area contributed by atoms with Crippen LogP contribution in [0.1, 0.15) is 60.0 Å². The van der Waals surface area contributed by atoms with Gasteiger partial charge >= 0.3 is 0 Å². The van der Waals surface area contributed by atoms with E-state index in [4.69, 9.17) is 0 Å². The van der Waals surface area contributed by atoms with Crippen LogP contribution in [-0.4, -0.2) is 69.0 Å². The maximum Gasteiger partial charge on any atom is 0.276 e. The quantitative estimate of drug-likeness (QED) is 0.600. The molecular weight excluding hydrogens is 452 g/mol. The molecule has 0 radical (unpaired) electrons. The summed E-state index contributed by atoms with van der Waals surface area (Å²) in [6.45, 7) is 9.35. The molecule has 3 aromatic rings. The zero-order chi connectivity index (χ0) is 24.6. The lowest BCUT2D eigenvalue weighted by Gasteiger charge is -2.21. The summed E-state index contributed by atoms with van der Waals surface area (Å²) in [4.78, 5) is 46.3. The molecule has 1 N–H and O–H groups in total. The lowest BCUT2D eigenvalue weighted by atomic mass is 10.1. The van der Waals surface area contributed by atoms with Gasteiger partial charge in [-0.05, 0) is 52.7 Å². The highest BCUT2D eigenvalue weighted by molar-refractivity contribution is 7.22. The number of likely N-dealkylation sites (N-methyl/N-ethyl adjacent to an activating group) is 1. The Morgan fingerprint density at radius 1 is 1.12 bits per heavy atom. The number of aromatic nitrogens is 3. The van der Waals surface area contributed by atoms with E-state index >= 15 is 0 Å². The summed E-state index contributed by atoms with van der Waals surface area (Å²) in [6.07, 6.45) is 2.00. The third kappa shape index (κ3) is 4.82. The lowest BCUT2D eigenvalue weighted by Crippen LogP contribution is -2.40. The van der Waals surface area contributed by atoms with Gasteiger partial charge in [-0.25, -0.2) is 4.68 Å². The van der Waals surface area contributed by atoms with Crippen molar-refractivity contribution in [1.82, 2.24) is 24.6 Å². The summed E-state index contributed by atoms with van der Waals surface area (Å²) >= 11 is 1.21. The highest BCUT2D eigenvalue weighted by Crippen LogP contribution is 2.33. The van der Waals surface area contributed by atoms with Crippen molar-refractivity contribution in [3.05, 3.63) is 41.1 Å². The van der Waals surface area contributed by atoms with E-state index in [9.17, 15) is 14.4 Å². The lowest BCUT2D eigenvalue weighted by molar-refractivity contribution is -0.130. The standard InChI is InChI=1S/C24H30N6O3S/c1-15-8-10-16(11-9-15)21(32)26-23-25-20-19(34-23)18(27-30(20)24(2,3)4)22(33)28(5)14-17(31)29-12-6-7-13-29/h8-11H,6-7,12-14H2,1-5H3,(H,25,26,32). The fraction of sp³-hybridized carbons (Fsp3) is 0.458. The SMILES string of the molecule is Cc1ccc(C(=O)Nc2nc3c(s2)c(C(=O)N(C)CC(=O)N2CCCC2)nn3C(C)(C)C)cc1. The Bertz CT molecular complexity index is 1230. The van der Waals surface area contributed by atoms with E-state index in [1.165, 1.54) is 16.2 Å². The van der Waals surface area contributed by atoms with E-state index in [1.807, 2.05) is 39.8 Å². The van der Waals surface area contributed by atoms with E-state index in [2.05, 4.69) is 15.4 Å². The number of hydrogen-bond acceptors (Lipinski definition) is 6. The van der Waals surface area contributed by atoms with Crippen LogP contribution in [0.15, 0.2) is 24.3 Å². The number of hydrogen-bond donors (Lipinski definition) is 1. The third-order valence-corrected chi connectivity index (χ3v) is 6.74. The smallest absolute Gasteiger partial charge is 0.276 e. The minimum atomic E-state index is -0.437. The predicted octanol–water partition coefficient (Wildman–Crippen LogP) is 3.50. The van der Waals surface area contributed by atoms with Crippen molar-refractivity contribution in [1.29, 1.82) is 0 Å². The molecule has 34 heavy (non-hydrogen) atoms. The number of fused-ring (bicyclic) bond motifs is 1. The van der Waals surface area contributed by atoms with Crippen molar-refractivity contribution in [3.8, 4) is 0 Å². The van der Waals surface area contributed by atoms with Gasteiger partial charge in [-0.15, -0.1) is 0 Å². The van der Waals surface area contributed by atoms with E-state index < -0.39 is 5.54 Å². The molecule has 0 saturated carbocycles. The molecule has 1 aliphatic heterocycles. The Kier molecular flexibility index (Phi) is 6.44. The molecule has 0 bridgehead atoms. The minimum absolute atomic E-state index is 0.00146. The van der Waals surface area contributed by atoms with Gasteiger partial charge < -0.3 is 9.80 Å². The molecule has 4 rings (SSSR count). The molecule has 9 nitrogen and oxygen atoms in total. The van der Waals surface area contributed by atoms with Crippen molar-refractivity contribution < 1.29 is 14.4 Å². The highest BCUT2D eigenvalue weighted by atomic mass is 32.1. The molecule has 1 fully saturated rings. The average Bonchev–Trinajstić information content (AvgIpc) is 3.50. The van der Waals surface area contributed by atoms with Gasteiger partial charge in [-0.1, -0.05) is 29.0 Å². The molecule has 2 aromatic heterocycles. The first-order valence-electron chi connectivity index (χ1n) is 11.4. The second kappa shape index (κ2) is 9.17. The Labute approximate surface area is 202 Å². The minimum Gasteiger partial charge on any atom is -0.341 e. The van der Waals surface area contributed by atoms with E-state index in [1.54, 1.807) is 28.8 Å². The van der Waals surface area contributed by atoms with Crippen LogP contribution >= 0.6 is 11.3 Å². The molecule has 1 aliphatic rings. The fourth-order valence-corrected chi connectivity index (χ4v) is 4.78. The van der Waals surface area contributed by atoms with Gasteiger partial charge in [0.15, 0.2) is 16.5 Å². The van der Waals surface area contributed by atoms with Gasteiger partial charge in [0.05, 0.1) is 12.1 Å². The number of carbonyl (C=O) groups excluding carboxylic acids is 3. The predicted molar refractivity (Wildman–Crippen MR) is 132 cm³/mol. The highest BCUT2D eigenvalue weighted by Gasteiger charge is 2.30. The van der Waals surface area contributed by atoms with Crippen molar-refractivity contribution in [2.75, 3.05) is 32.0 Å². The van der Waals surface area contributed by atoms with Crippen LogP contribution < -0.4 is 5.32 Å². The molecular formula is C24H30N6O3S. The van der Waals surface area contributed by atoms with Gasteiger partial charge in [-0.2, -0.15) is 10.1 Å². The van der Waals surface area contributed by atoms with Gasteiger partial charge in [0, 0.05) is 25.7 Å². The number of nitrogens with one attached hydrogen (secondary N) is 1. The van der Waals surface area contributed by atoms with Gasteiger partial charge in [0.25, 0.3) is 11.8 Å². The number of rotatable bonds is 5. The van der Waals surface area contributed by atoms with Crippen molar-refractivity contribution in [3.63, 3.8) is 0 Å². The molecule has 3 heterocycles. The van der Waals surface area contributed by atoms with Gasteiger partial charge in [-0.3, -0.25) is 19.7 Å². The molecule has 0 atom stereocenters. The number of anilines is 1. The summed E-state index contributed by atoms with van der Waals surface area (Å²) in [7, 11) is 1.61. The summed E-state index contributed by atoms with van der Waals surface area (Å²) in [6, 6.07) is 7.27. The van der Waals surface area contributed by atoms with Gasteiger partial charge in [0.2, 0.25) is 5.91 Å². The molecule has 0 spiro atoms. The van der Waals surface area contributed by atoms with Crippen LogP contribution in [0.3, 0.4) is 0 Å². The Morgan fingerprint density at radius 2 is 1.76 bits per heavy atom. The van der Waals surface area contributed by atoms with E-state index in [0.717, 1.165) is 31.5 Å². The van der Waals surface area contributed by atoms with Crippen LogP contribution in [0.5, 0.6) is 0 Å². The summed E-state index contributed by atoms with van der Waals surface area (Å²) < 4.78 is 2.28. The summed E-state index contributed by atoms with van der Waals surface area (Å²) in [5.41, 5.74) is 1.91. The summed E-state index contributed by atoms with van der Waals surface area (Å²) in [5, 5.41) is 7.80. The number of thiazole rings is 1. The fourth-order valence-electron chi connectivity index (χ4n) is 3.86. The van der Waals surface area contributed by atoms with Gasteiger partial charge in [0.1, 0.15) is 4.70 Å². The van der Waals surface area contributed by atoms with Crippen LogP contribution in [-0.2, 0) is 10.3 Å². The molecule has 180 valence electrons. The first kappa shape index (κ1) is 23.9. The normalized spacial score (nSPS) is 14.0. The van der Waals surface area contributed by atoms with Crippen LogP contribution in [0, 0.1) is 6.92 Å². The largest absolute Gasteiger partial charge is 0.341 e. The van der Waals surface area contributed by atoms with Crippen LogP contribution in [0.2, 0.25) is 0 Å². The molecule has 0 aliphatic carbocycles. The average molecular weight is 483 g/mol. The van der Waals surface area contributed by atoms with Crippen molar-refractivity contribution in [2.45, 2.75) is 46.1 Å². The van der Waals surface area contributed by atoms with Crippen molar-refractivity contribution >= 4 is 44.5 Å². The number of carbonyl (C=O) groups is 3. The van der Waals surface area contributed by atoms with Crippen LogP contribution in [0.4, 0.5) is 5.13 Å². The third-order valence-electron chi connectivity index (χ3n) is 5.78. The maximum absolute atomic E-state index is 13.3. The second-order valence-electron chi connectivity index (χ2n) is 9.67. The molecule has 1 saturated heterocycles.